The normalized spacial score (nSPS) is 15.9. The van der Waals surface area contributed by atoms with Crippen LogP contribution in [0, 0.1) is 10.8 Å². The van der Waals surface area contributed by atoms with Crippen LogP contribution in [-0.4, -0.2) is 160 Å². The molecule has 8 aromatic rings. The van der Waals surface area contributed by atoms with Gasteiger partial charge >= 0.3 is 29.6 Å². The van der Waals surface area contributed by atoms with Crippen molar-refractivity contribution in [1.29, 1.82) is 0 Å². The number of nitrogens with one attached hydrogen (secondary N) is 5. The molecule has 25 nitrogen and oxygen atoms in total. The number of halogens is 3. The molecule has 31 heteroatoms. The number of anilines is 12. The summed E-state index contributed by atoms with van der Waals surface area (Å²) >= 11 is 11.8. The Balaban J connectivity index is 0.000000244. The Labute approximate surface area is 622 Å². The number of nitrogens with two attached hydrogens (primary N) is 1. The van der Waals surface area contributed by atoms with Crippen LogP contribution in [0.25, 0.3) is 22.1 Å². The zero-order valence-corrected chi connectivity index (χ0v) is 64.1. The van der Waals surface area contributed by atoms with Crippen LogP contribution in [-0.2, 0) is 28.4 Å². The van der Waals surface area contributed by atoms with Crippen molar-refractivity contribution >= 4 is 177 Å². The summed E-state index contributed by atoms with van der Waals surface area (Å²) in [6.07, 6.45) is 22.0. The molecule has 99 heavy (non-hydrogen) atoms. The number of hydrogen-bond acceptors (Lipinski definition) is 24. The Kier molecular flexibility index (Phi) is 27.7. The van der Waals surface area contributed by atoms with Gasteiger partial charge in [-0.2, -0.15) is 9.97 Å². The van der Waals surface area contributed by atoms with Gasteiger partial charge in [-0.05, 0) is 233 Å². The molecule has 4 aliphatic rings. The smallest absolute Gasteiger partial charge is 0.662 e. The van der Waals surface area contributed by atoms with Gasteiger partial charge in [-0.1, -0.05) is 20.6 Å². The molecule has 7 N–H and O–H groups in total. The van der Waals surface area contributed by atoms with E-state index in [1.165, 1.54) is 44.6 Å². The molecule has 2 saturated carbocycles. The molecule has 520 valence electrons. The van der Waals surface area contributed by atoms with E-state index in [0.29, 0.717) is 105 Å². The molecule has 6 heterocycles. The maximum absolute atomic E-state index is 13.4. The van der Waals surface area contributed by atoms with Crippen molar-refractivity contribution in [2.75, 3.05) is 123 Å². The van der Waals surface area contributed by atoms with Crippen molar-refractivity contribution in [3.05, 3.63) is 132 Å². The van der Waals surface area contributed by atoms with Gasteiger partial charge in [0, 0.05) is 86.8 Å². The molecule has 0 radical (unpaired) electrons. The standard InChI is InChI=1S/C33H39BrN9O2P.C30H37BrN9OP.C3H3ClO.CH2O3.CH4.Na/c1-6-28(44)39-26-17-21(7-10-27(26)43-15-11-33(12-16-43)18-22(19-33)42(2)3)38-32-37-20-23(34)31(41-32)40-25-9-8-24-29(36-14-13-35-24)30(25)46(4,5)45;1-39(2)20-16-30(17-20)9-13-40(14-10-30)25-8-5-19(15-22(25)32)36-29-35-18-21(31)28(38-29)37-24-7-6-23-26(34-12-11-33-23)27(24)42(3,4)41;1-2-3(4)5;2-1-4-3;;/h6-10,13-14,17,20,22H,1,11-12,15-16,18-19H2,2-5H3,(H,39,44)(H2,37,38,40,41);5-8,11-12,15,18,20H,9-10,13-14,16-17,32H2,1-4H3,(H2,35,36,37,38);2H,1H2;1,3H;1H4;/q;;;;;+1/p-1. The topological polar surface area (TPSA) is 320 Å². The van der Waals surface area contributed by atoms with Gasteiger partial charge in [0.2, 0.25) is 23.0 Å². The summed E-state index contributed by atoms with van der Waals surface area (Å²) in [5.74, 6) is 1.50. The first kappa shape index (κ1) is 79.3. The van der Waals surface area contributed by atoms with Crippen LogP contribution in [0.5, 0.6) is 0 Å². The van der Waals surface area contributed by atoms with E-state index in [-0.39, 0.29) is 49.4 Å². The predicted molar refractivity (Wildman–Crippen MR) is 402 cm³/mol. The van der Waals surface area contributed by atoms with Crippen LogP contribution in [0.2, 0.25) is 0 Å². The number of fused-ring (bicyclic) bond motifs is 2. The second-order valence-corrected chi connectivity index (χ2v) is 34.1. The fourth-order valence-corrected chi connectivity index (χ4v) is 16.2. The first-order valence-electron chi connectivity index (χ1n) is 31.2. The molecule has 12 rings (SSSR count). The number of rotatable bonds is 18. The van der Waals surface area contributed by atoms with Gasteiger partial charge in [0.05, 0.1) is 64.7 Å². The first-order valence-corrected chi connectivity index (χ1v) is 38.4. The van der Waals surface area contributed by atoms with Crippen molar-refractivity contribution in [3.63, 3.8) is 0 Å². The van der Waals surface area contributed by atoms with Gasteiger partial charge < -0.3 is 71.2 Å². The number of amides is 1. The summed E-state index contributed by atoms with van der Waals surface area (Å²) in [6.45, 7) is 17.4. The van der Waals surface area contributed by atoms with Crippen LogP contribution in [0.4, 0.5) is 69.0 Å². The van der Waals surface area contributed by atoms with Crippen molar-refractivity contribution in [1.82, 2.24) is 49.7 Å². The number of allylic oxidation sites excluding steroid dienone is 1. The number of carbonyl (C=O) groups excluding carboxylic acids is 3. The van der Waals surface area contributed by atoms with Crippen molar-refractivity contribution in [3.8, 4) is 0 Å². The Morgan fingerprint density at radius 1 is 0.636 bits per heavy atom. The molecule has 4 fully saturated rings. The van der Waals surface area contributed by atoms with E-state index in [1.807, 2.05) is 54.6 Å². The number of nitrogen functional groups attached to an aromatic ring is 1. The van der Waals surface area contributed by atoms with Crippen LogP contribution in [0.1, 0.15) is 58.8 Å². The molecule has 2 aliphatic heterocycles. The zero-order valence-electron chi connectivity index (χ0n) is 56.4. The van der Waals surface area contributed by atoms with E-state index >= 15 is 0 Å². The number of hydrogen-bond donors (Lipinski definition) is 6. The molecule has 1 amide bonds. The summed E-state index contributed by atoms with van der Waals surface area (Å²) in [6, 6.07) is 20.8. The molecule has 2 saturated heterocycles. The molecule has 4 aromatic carbocycles. The number of piperidine rings is 2. The summed E-state index contributed by atoms with van der Waals surface area (Å²) in [7, 11) is 3.24. The average molecular weight is 1550 g/mol. The largest absolute Gasteiger partial charge is 1.00 e. The third-order valence-electron chi connectivity index (χ3n) is 17.9. The van der Waals surface area contributed by atoms with Gasteiger partial charge in [-0.3, -0.25) is 34.3 Å². The van der Waals surface area contributed by atoms with Gasteiger partial charge in [0.1, 0.15) is 37.0 Å². The maximum Gasteiger partial charge on any atom is 1.00 e. The van der Waals surface area contributed by atoms with Gasteiger partial charge in [-0.25, -0.2) is 9.97 Å². The van der Waals surface area contributed by atoms with Crippen LogP contribution >= 0.6 is 57.7 Å². The van der Waals surface area contributed by atoms with E-state index in [4.69, 9.17) is 37.4 Å². The Hall–Kier alpha value is -7.00. The van der Waals surface area contributed by atoms with Crippen molar-refractivity contribution in [2.45, 2.75) is 70.9 Å². The second kappa shape index (κ2) is 34.6. The van der Waals surface area contributed by atoms with E-state index in [1.54, 1.807) is 63.8 Å². The minimum Gasteiger partial charge on any atom is -0.662 e. The van der Waals surface area contributed by atoms with Crippen molar-refractivity contribution in [2.24, 2.45) is 10.8 Å². The first-order chi connectivity index (χ1) is 46.1. The number of aromatic nitrogens is 8. The summed E-state index contributed by atoms with van der Waals surface area (Å²) in [5, 5.41) is 25.4. The molecule has 4 aromatic heterocycles. The molecule has 0 atom stereocenters. The predicted octanol–water partition coefficient (Wildman–Crippen LogP) is 9.18. The molecule has 2 spiro atoms. The monoisotopic (exact) mass is 1540 g/mol. The van der Waals surface area contributed by atoms with Crippen LogP contribution in [0.3, 0.4) is 0 Å². The zero-order chi connectivity index (χ0) is 70.0. The van der Waals surface area contributed by atoms with Gasteiger partial charge in [0.25, 0.3) is 6.47 Å². The number of nitrogens with zero attached hydrogens (tertiary/aromatic N) is 12. The summed E-state index contributed by atoms with van der Waals surface area (Å²) < 4.78 is 28.0. The number of benzene rings is 4. The van der Waals surface area contributed by atoms with Gasteiger partial charge in [-0.15, -0.1) is 0 Å². The van der Waals surface area contributed by atoms with Gasteiger partial charge in [0.15, 0.2) is 0 Å². The molecule has 0 unspecified atom stereocenters. The SMILES string of the molecule is C.C=CC(=O)Cl.C=CC(=O)Nc1cc(Nc2ncc(Br)c(Nc3ccc4nccnc4c3P(C)(C)=O)n2)ccc1N1CCC2(CC1)CC(N(C)C)C2.CN(C)C1CC2(CCN(c3ccc(Nc4ncc(Br)c(Nc5ccc6nccnc6c5P(C)(C)=O)n4)cc3N)CC2)C1.O=CO[O-].[Na+]. The van der Waals surface area contributed by atoms with Crippen LogP contribution < -0.4 is 87.5 Å². The van der Waals surface area contributed by atoms with E-state index < -0.39 is 19.5 Å². The Morgan fingerprint density at radius 2 is 1.03 bits per heavy atom. The number of carbonyl (C=O) groups is 3. The summed E-state index contributed by atoms with van der Waals surface area (Å²) in [5.41, 5.74) is 16.4. The quantitative estimate of drug-likeness (QED) is 0.00681. The van der Waals surface area contributed by atoms with E-state index in [2.05, 4.69) is 160 Å². The molecule has 0 bridgehead atoms. The van der Waals surface area contributed by atoms with E-state index in [0.717, 1.165) is 73.9 Å². The molecular formula is C68H84Br2ClN18NaO7P2. The Morgan fingerprint density at radius 3 is 1.40 bits per heavy atom. The fourth-order valence-electron chi connectivity index (χ4n) is 12.8. The molecular weight excluding hydrogens is 1460 g/mol. The Bertz CT molecular complexity index is 4310. The third-order valence-corrected chi connectivity index (χ3v) is 22.3. The van der Waals surface area contributed by atoms with E-state index in [9.17, 15) is 18.7 Å². The van der Waals surface area contributed by atoms with Crippen molar-refractivity contribution < 1.29 is 63.2 Å². The van der Waals surface area contributed by atoms with Crippen LogP contribution in [0.15, 0.2) is 132 Å². The molecule has 2 aliphatic carbocycles. The fraction of sp³-hybridized carbons (Fsp3) is 0.368. The second-order valence-electron chi connectivity index (χ2n) is 25.7. The third kappa shape index (κ3) is 20.0. The minimum atomic E-state index is -2.76. The minimum absolute atomic E-state index is 0. The summed E-state index contributed by atoms with van der Waals surface area (Å²) in [4.78, 5) is 78.6. The average Bonchev–Trinajstić information content (AvgIpc) is 0.776. The maximum atomic E-state index is 13.4.